The van der Waals surface area contributed by atoms with Gasteiger partial charge in [0.25, 0.3) is 0 Å². The molecule has 1 aromatic heterocycles. The molecule has 152 valence electrons. The number of esters is 1. The van der Waals surface area contributed by atoms with Gasteiger partial charge >= 0.3 is 5.97 Å². The highest BCUT2D eigenvalue weighted by Crippen LogP contribution is 2.29. The first-order valence-corrected chi connectivity index (χ1v) is 9.98. The molecular formula is C22H20ClN5O2. The van der Waals surface area contributed by atoms with Crippen molar-refractivity contribution in [3.05, 3.63) is 59.2 Å². The molecule has 0 bridgehead atoms. The van der Waals surface area contributed by atoms with Crippen molar-refractivity contribution in [2.45, 2.75) is 5.92 Å². The van der Waals surface area contributed by atoms with Gasteiger partial charge in [0.15, 0.2) is 11.7 Å². The van der Waals surface area contributed by atoms with Crippen LogP contribution in [0.15, 0.2) is 48.5 Å². The van der Waals surface area contributed by atoms with Crippen molar-refractivity contribution >= 4 is 40.1 Å². The topological polar surface area (TPSA) is 82.3 Å². The smallest absolute Gasteiger partial charge is 0.329 e. The van der Waals surface area contributed by atoms with E-state index in [1.807, 2.05) is 54.6 Å². The Morgan fingerprint density at radius 2 is 1.73 bits per heavy atom. The lowest BCUT2D eigenvalue weighted by molar-refractivity contribution is -0.141. The summed E-state index contributed by atoms with van der Waals surface area (Å²) >= 11 is 6.13. The van der Waals surface area contributed by atoms with Crippen molar-refractivity contribution in [2.24, 2.45) is 0 Å². The van der Waals surface area contributed by atoms with Crippen LogP contribution in [0.3, 0.4) is 0 Å². The standard InChI is InChI=1S/C22H20ClN5O2/c1-30-22(29)17(14-24)20-21(26-19-8-3-2-7-18(19)25-20)28-11-9-27(10-12-28)16-6-4-5-15(23)13-16/h2-8,13,17H,9-12H2,1H3. The van der Waals surface area contributed by atoms with Crippen LogP contribution in [0.5, 0.6) is 0 Å². The molecule has 0 radical (unpaired) electrons. The number of carbonyl (C=O) groups excluding carboxylic acids is 1. The second kappa shape index (κ2) is 8.56. The van der Waals surface area contributed by atoms with Crippen molar-refractivity contribution < 1.29 is 9.53 Å². The number of ether oxygens (including phenoxy) is 1. The van der Waals surface area contributed by atoms with Crippen LogP contribution in [0, 0.1) is 11.3 Å². The Morgan fingerprint density at radius 3 is 2.37 bits per heavy atom. The van der Waals surface area contributed by atoms with E-state index < -0.39 is 11.9 Å². The van der Waals surface area contributed by atoms with Gasteiger partial charge in [0.1, 0.15) is 5.69 Å². The molecule has 1 atom stereocenters. The summed E-state index contributed by atoms with van der Waals surface area (Å²) in [5.74, 6) is -1.22. The Bertz CT molecular complexity index is 1120. The molecule has 0 amide bonds. The van der Waals surface area contributed by atoms with Crippen molar-refractivity contribution in [3.63, 3.8) is 0 Å². The number of anilines is 2. The summed E-state index contributed by atoms with van der Waals surface area (Å²) in [6.45, 7) is 2.85. The molecule has 1 aliphatic heterocycles. The Hall–Kier alpha value is -3.37. The number of carbonyl (C=O) groups is 1. The predicted octanol–water partition coefficient (Wildman–Crippen LogP) is 3.39. The number of methoxy groups -OCH3 is 1. The van der Waals surface area contributed by atoms with E-state index in [9.17, 15) is 10.1 Å². The van der Waals surface area contributed by atoms with Crippen LogP contribution >= 0.6 is 11.6 Å². The van der Waals surface area contributed by atoms with Gasteiger partial charge in [0, 0.05) is 36.9 Å². The molecule has 1 unspecified atom stereocenters. The fourth-order valence-electron chi connectivity index (χ4n) is 3.62. The number of para-hydroxylation sites is 2. The van der Waals surface area contributed by atoms with Gasteiger partial charge in [-0.2, -0.15) is 5.26 Å². The van der Waals surface area contributed by atoms with E-state index in [0.29, 0.717) is 35.1 Å². The molecule has 2 heterocycles. The number of halogens is 1. The molecule has 30 heavy (non-hydrogen) atoms. The number of aromatic nitrogens is 2. The lowest BCUT2D eigenvalue weighted by Gasteiger charge is -2.37. The van der Waals surface area contributed by atoms with Crippen LogP contribution in [0.1, 0.15) is 11.6 Å². The maximum atomic E-state index is 12.2. The third-order valence-corrected chi connectivity index (χ3v) is 5.41. The van der Waals surface area contributed by atoms with Gasteiger partial charge in [-0.15, -0.1) is 0 Å². The third kappa shape index (κ3) is 3.87. The van der Waals surface area contributed by atoms with E-state index in [4.69, 9.17) is 21.3 Å². The zero-order valence-electron chi connectivity index (χ0n) is 16.5. The van der Waals surface area contributed by atoms with Gasteiger partial charge in [0.2, 0.25) is 0 Å². The van der Waals surface area contributed by atoms with Gasteiger partial charge in [-0.1, -0.05) is 29.8 Å². The minimum atomic E-state index is -1.13. The van der Waals surface area contributed by atoms with E-state index in [1.54, 1.807) is 0 Å². The fourth-order valence-corrected chi connectivity index (χ4v) is 3.81. The van der Waals surface area contributed by atoms with E-state index in [-0.39, 0.29) is 0 Å². The summed E-state index contributed by atoms with van der Waals surface area (Å²) in [5, 5.41) is 10.3. The van der Waals surface area contributed by atoms with Crippen LogP contribution < -0.4 is 9.80 Å². The number of benzene rings is 2. The molecule has 3 aromatic rings. The summed E-state index contributed by atoms with van der Waals surface area (Å²) in [4.78, 5) is 25.9. The number of hydrogen-bond acceptors (Lipinski definition) is 7. The van der Waals surface area contributed by atoms with Gasteiger partial charge in [-0.05, 0) is 30.3 Å². The lowest BCUT2D eigenvalue weighted by atomic mass is 10.1. The highest BCUT2D eigenvalue weighted by Gasteiger charge is 2.30. The van der Waals surface area contributed by atoms with Gasteiger partial charge in [-0.25, -0.2) is 9.97 Å². The summed E-state index contributed by atoms with van der Waals surface area (Å²) < 4.78 is 4.83. The van der Waals surface area contributed by atoms with Crippen molar-refractivity contribution in [1.29, 1.82) is 5.26 Å². The number of fused-ring (bicyclic) bond motifs is 1. The maximum absolute atomic E-state index is 12.2. The number of nitriles is 1. The molecule has 0 N–H and O–H groups in total. The highest BCUT2D eigenvalue weighted by atomic mass is 35.5. The number of rotatable bonds is 4. The lowest BCUT2D eigenvalue weighted by Crippen LogP contribution is -2.47. The van der Waals surface area contributed by atoms with Crippen LogP contribution in [-0.2, 0) is 9.53 Å². The van der Waals surface area contributed by atoms with Crippen LogP contribution in [-0.4, -0.2) is 49.2 Å². The predicted molar refractivity (Wildman–Crippen MR) is 116 cm³/mol. The molecule has 0 saturated carbocycles. The van der Waals surface area contributed by atoms with Gasteiger partial charge in [0.05, 0.1) is 24.2 Å². The molecule has 8 heteroatoms. The number of nitrogens with zero attached hydrogens (tertiary/aromatic N) is 5. The Balaban J connectivity index is 1.67. The number of hydrogen-bond donors (Lipinski definition) is 0. The Labute approximate surface area is 179 Å². The van der Waals surface area contributed by atoms with Crippen LogP contribution in [0.4, 0.5) is 11.5 Å². The van der Waals surface area contributed by atoms with E-state index in [0.717, 1.165) is 24.3 Å². The van der Waals surface area contributed by atoms with Crippen molar-refractivity contribution in [2.75, 3.05) is 43.1 Å². The maximum Gasteiger partial charge on any atom is 0.329 e. The van der Waals surface area contributed by atoms with Crippen LogP contribution in [0.25, 0.3) is 11.0 Å². The normalized spacial score (nSPS) is 15.0. The molecule has 7 nitrogen and oxygen atoms in total. The average molecular weight is 422 g/mol. The van der Waals surface area contributed by atoms with Crippen LogP contribution in [0.2, 0.25) is 5.02 Å². The van der Waals surface area contributed by atoms with E-state index >= 15 is 0 Å². The monoisotopic (exact) mass is 421 g/mol. The molecule has 1 fully saturated rings. The van der Waals surface area contributed by atoms with Crippen molar-refractivity contribution in [1.82, 2.24) is 9.97 Å². The van der Waals surface area contributed by atoms with E-state index in [1.165, 1.54) is 7.11 Å². The third-order valence-electron chi connectivity index (χ3n) is 5.17. The largest absolute Gasteiger partial charge is 0.468 e. The molecular weight excluding hydrogens is 402 g/mol. The Morgan fingerprint density at radius 1 is 1.07 bits per heavy atom. The molecule has 0 spiro atoms. The summed E-state index contributed by atoms with van der Waals surface area (Å²) in [6.07, 6.45) is 0. The quantitative estimate of drug-likeness (QED) is 0.597. The second-order valence-electron chi connectivity index (χ2n) is 6.96. The summed E-state index contributed by atoms with van der Waals surface area (Å²) in [5.41, 5.74) is 2.75. The van der Waals surface area contributed by atoms with Gasteiger partial charge < -0.3 is 14.5 Å². The Kier molecular flexibility index (Phi) is 5.68. The molecule has 1 saturated heterocycles. The van der Waals surface area contributed by atoms with E-state index in [2.05, 4.69) is 14.8 Å². The first kappa shape index (κ1) is 19.9. The van der Waals surface area contributed by atoms with Crippen molar-refractivity contribution in [3.8, 4) is 6.07 Å². The molecule has 2 aromatic carbocycles. The number of piperazine rings is 1. The zero-order valence-corrected chi connectivity index (χ0v) is 17.2. The summed E-state index contributed by atoms with van der Waals surface area (Å²) in [6, 6.07) is 17.2. The summed E-state index contributed by atoms with van der Waals surface area (Å²) in [7, 11) is 1.27. The highest BCUT2D eigenvalue weighted by molar-refractivity contribution is 6.30. The SMILES string of the molecule is COC(=O)C(C#N)c1nc2ccccc2nc1N1CCN(c2cccc(Cl)c2)CC1. The molecule has 1 aliphatic rings. The molecule has 4 rings (SSSR count). The fraction of sp³-hybridized carbons (Fsp3) is 0.273. The minimum absolute atomic E-state index is 0.333. The first-order valence-electron chi connectivity index (χ1n) is 9.60. The first-order chi connectivity index (χ1) is 14.6. The second-order valence-corrected chi connectivity index (χ2v) is 7.40. The minimum Gasteiger partial charge on any atom is -0.468 e. The molecule has 0 aliphatic carbocycles. The van der Waals surface area contributed by atoms with Gasteiger partial charge in [-0.3, -0.25) is 4.79 Å². The average Bonchev–Trinajstić information content (AvgIpc) is 2.79. The zero-order chi connectivity index (χ0) is 21.1.